The van der Waals surface area contributed by atoms with Gasteiger partial charge in [-0.3, -0.25) is 9.69 Å². The van der Waals surface area contributed by atoms with Crippen molar-refractivity contribution in [2.45, 2.75) is 13.0 Å². The van der Waals surface area contributed by atoms with Gasteiger partial charge in [0.15, 0.2) is 5.69 Å². The first-order chi connectivity index (χ1) is 16.6. The molecule has 3 heterocycles. The summed E-state index contributed by atoms with van der Waals surface area (Å²) in [5, 5.41) is 8.61. The first-order valence-electron chi connectivity index (χ1n) is 11.2. The van der Waals surface area contributed by atoms with Gasteiger partial charge in [-0.15, -0.1) is 0 Å². The van der Waals surface area contributed by atoms with Gasteiger partial charge in [0, 0.05) is 37.9 Å². The molecule has 2 aromatic heterocycles. The number of hydrogen-bond donors (Lipinski definition) is 0. The van der Waals surface area contributed by atoms with E-state index in [1.54, 1.807) is 24.1 Å². The first kappa shape index (κ1) is 21.8. The Bertz CT molecular complexity index is 1240. The Morgan fingerprint density at radius 2 is 1.74 bits per heavy atom. The largest absolute Gasteiger partial charge is 0.497 e. The SMILES string of the molecule is COc1ccc(-n2ccc(C(=O)N3CCN(C(C)c4nc(-c5ccccc5)no4)CC3)n2)cc1. The van der Waals surface area contributed by atoms with E-state index in [0.717, 1.165) is 30.1 Å². The van der Waals surface area contributed by atoms with Crippen molar-refractivity contribution in [1.29, 1.82) is 0 Å². The Labute approximate surface area is 197 Å². The van der Waals surface area contributed by atoms with E-state index in [1.807, 2.05) is 59.5 Å². The van der Waals surface area contributed by atoms with Crippen LogP contribution in [0.5, 0.6) is 5.75 Å². The van der Waals surface area contributed by atoms with E-state index in [2.05, 4.69) is 27.1 Å². The van der Waals surface area contributed by atoms with Crippen molar-refractivity contribution < 1.29 is 14.1 Å². The molecule has 0 saturated carbocycles. The average Bonchev–Trinajstić information content (AvgIpc) is 3.59. The minimum Gasteiger partial charge on any atom is -0.497 e. The number of ether oxygens (including phenoxy) is 1. The van der Waals surface area contributed by atoms with Crippen molar-refractivity contribution in [2.75, 3.05) is 33.3 Å². The zero-order chi connectivity index (χ0) is 23.5. The molecule has 0 radical (unpaired) electrons. The molecule has 1 atom stereocenters. The quantitative estimate of drug-likeness (QED) is 0.437. The van der Waals surface area contributed by atoms with Gasteiger partial charge in [-0.05, 0) is 37.3 Å². The summed E-state index contributed by atoms with van der Waals surface area (Å²) < 4.78 is 12.4. The van der Waals surface area contributed by atoms with Crippen LogP contribution >= 0.6 is 0 Å². The van der Waals surface area contributed by atoms with Gasteiger partial charge in [0.2, 0.25) is 11.7 Å². The summed E-state index contributed by atoms with van der Waals surface area (Å²) in [5.41, 5.74) is 2.23. The molecule has 1 amide bonds. The predicted octanol–water partition coefficient (Wildman–Crippen LogP) is 3.45. The third-order valence-electron chi connectivity index (χ3n) is 6.13. The highest BCUT2D eigenvalue weighted by Crippen LogP contribution is 2.24. The van der Waals surface area contributed by atoms with E-state index in [9.17, 15) is 4.79 Å². The lowest BCUT2D eigenvalue weighted by molar-refractivity contribution is 0.0546. The molecule has 0 N–H and O–H groups in total. The summed E-state index contributed by atoms with van der Waals surface area (Å²) >= 11 is 0. The van der Waals surface area contributed by atoms with Gasteiger partial charge < -0.3 is 14.2 Å². The first-order valence-corrected chi connectivity index (χ1v) is 11.2. The van der Waals surface area contributed by atoms with Gasteiger partial charge in [-0.1, -0.05) is 35.5 Å². The molecule has 1 aliphatic rings. The van der Waals surface area contributed by atoms with Crippen LogP contribution in [0.2, 0.25) is 0 Å². The molecule has 0 aliphatic carbocycles. The minimum atomic E-state index is -0.0660. The number of carbonyl (C=O) groups excluding carboxylic acids is 1. The summed E-state index contributed by atoms with van der Waals surface area (Å²) in [5.74, 6) is 1.88. The molecule has 34 heavy (non-hydrogen) atoms. The van der Waals surface area contributed by atoms with Gasteiger partial charge in [-0.2, -0.15) is 10.1 Å². The van der Waals surface area contributed by atoms with Crippen LogP contribution in [-0.4, -0.2) is 68.9 Å². The number of amides is 1. The Morgan fingerprint density at radius 3 is 2.44 bits per heavy atom. The molecular weight excluding hydrogens is 432 g/mol. The van der Waals surface area contributed by atoms with Crippen molar-refractivity contribution in [3.63, 3.8) is 0 Å². The second-order valence-electron chi connectivity index (χ2n) is 8.17. The summed E-state index contributed by atoms with van der Waals surface area (Å²) in [7, 11) is 1.63. The fourth-order valence-corrected chi connectivity index (χ4v) is 4.06. The molecule has 4 aromatic rings. The van der Waals surface area contributed by atoms with Gasteiger partial charge >= 0.3 is 0 Å². The minimum absolute atomic E-state index is 0.0310. The molecule has 0 bridgehead atoms. The maximum Gasteiger partial charge on any atom is 0.274 e. The molecule has 1 saturated heterocycles. The van der Waals surface area contributed by atoms with Crippen molar-refractivity contribution in [3.8, 4) is 22.8 Å². The number of rotatable bonds is 6. The molecule has 9 nitrogen and oxygen atoms in total. The predicted molar refractivity (Wildman–Crippen MR) is 126 cm³/mol. The fraction of sp³-hybridized carbons (Fsp3) is 0.280. The average molecular weight is 459 g/mol. The number of hydrogen-bond acceptors (Lipinski definition) is 7. The van der Waals surface area contributed by atoms with Crippen LogP contribution in [0.4, 0.5) is 0 Å². The molecule has 1 fully saturated rings. The third kappa shape index (κ3) is 4.42. The molecule has 9 heteroatoms. The zero-order valence-corrected chi connectivity index (χ0v) is 19.2. The molecule has 0 spiro atoms. The lowest BCUT2D eigenvalue weighted by Gasteiger charge is -2.36. The van der Waals surface area contributed by atoms with E-state index in [1.165, 1.54) is 0 Å². The van der Waals surface area contributed by atoms with Crippen molar-refractivity contribution in [3.05, 3.63) is 78.4 Å². The molecule has 1 unspecified atom stereocenters. The normalized spacial score (nSPS) is 15.3. The Hall–Kier alpha value is -3.98. The third-order valence-corrected chi connectivity index (χ3v) is 6.13. The fourth-order valence-electron chi connectivity index (χ4n) is 4.06. The summed E-state index contributed by atoms with van der Waals surface area (Å²) in [6.07, 6.45) is 1.80. The lowest BCUT2D eigenvalue weighted by Crippen LogP contribution is -2.49. The number of piperazine rings is 1. The number of methoxy groups -OCH3 is 1. The Kier molecular flexibility index (Phi) is 6.09. The maximum atomic E-state index is 13.0. The highest BCUT2D eigenvalue weighted by atomic mass is 16.5. The van der Waals surface area contributed by atoms with Crippen LogP contribution in [0.15, 0.2) is 71.4 Å². The van der Waals surface area contributed by atoms with E-state index >= 15 is 0 Å². The topological polar surface area (TPSA) is 89.5 Å². The number of benzene rings is 2. The molecule has 2 aromatic carbocycles. The van der Waals surface area contributed by atoms with Crippen molar-refractivity contribution in [2.24, 2.45) is 0 Å². The Balaban J connectivity index is 1.19. The molecule has 1 aliphatic heterocycles. The van der Waals surface area contributed by atoms with E-state index in [4.69, 9.17) is 9.26 Å². The monoisotopic (exact) mass is 458 g/mol. The van der Waals surface area contributed by atoms with Crippen LogP contribution in [-0.2, 0) is 0 Å². The standard InChI is InChI=1S/C25H26N6O3/c1-18(24-26-23(28-34-24)19-6-4-3-5-7-19)29-14-16-30(17-15-29)25(32)22-12-13-31(27-22)20-8-10-21(33-2)11-9-20/h3-13,18H,14-17H2,1-2H3. The summed E-state index contributed by atoms with van der Waals surface area (Å²) in [6, 6.07) is 19.0. The smallest absolute Gasteiger partial charge is 0.274 e. The maximum absolute atomic E-state index is 13.0. The van der Waals surface area contributed by atoms with E-state index in [0.29, 0.717) is 30.5 Å². The highest BCUT2D eigenvalue weighted by Gasteiger charge is 2.29. The van der Waals surface area contributed by atoms with Gasteiger partial charge in [0.1, 0.15) is 5.75 Å². The molecule has 174 valence electrons. The van der Waals surface area contributed by atoms with Crippen LogP contribution in [0.3, 0.4) is 0 Å². The van der Waals surface area contributed by atoms with Gasteiger partial charge in [0.05, 0.1) is 18.8 Å². The van der Waals surface area contributed by atoms with Crippen LogP contribution < -0.4 is 4.74 Å². The van der Waals surface area contributed by atoms with Crippen LogP contribution in [0, 0.1) is 0 Å². The molecular formula is C25H26N6O3. The van der Waals surface area contributed by atoms with Crippen molar-refractivity contribution >= 4 is 5.91 Å². The Morgan fingerprint density at radius 1 is 1.00 bits per heavy atom. The van der Waals surface area contributed by atoms with Gasteiger partial charge in [-0.25, -0.2) is 4.68 Å². The number of nitrogens with zero attached hydrogens (tertiary/aromatic N) is 6. The number of carbonyl (C=O) groups is 1. The second-order valence-corrected chi connectivity index (χ2v) is 8.17. The highest BCUT2D eigenvalue weighted by molar-refractivity contribution is 5.92. The van der Waals surface area contributed by atoms with E-state index in [-0.39, 0.29) is 11.9 Å². The number of aromatic nitrogens is 4. The second kappa shape index (κ2) is 9.48. The van der Waals surface area contributed by atoms with Crippen LogP contribution in [0.1, 0.15) is 29.3 Å². The summed E-state index contributed by atoms with van der Waals surface area (Å²) in [6.45, 7) is 4.71. The lowest BCUT2D eigenvalue weighted by atomic mass is 10.2. The van der Waals surface area contributed by atoms with Crippen LogP contribution in [0.25, 0.3) is 17.1 Å². The van der Waals surface area contributed by atoms with Gasteiger partial charge in [0.25, 0.3) is 5.91 Å². The van der Waals surface area contributed by atoms with E-state index < -0.39 is 0 Å². The zero-order valence-electron chi connectivity index (χ0n) is 19.2. The summed E-state index contributed by atoms with van der Waals surface area (Å²) in [4.78, 5) is 21.7. The molecule has 5 rings (SSSR count). The van der Waals surface area contributed by atoms with Crippen molar-refractivity contribution in [1.82, 2.24) is 29.7 Å².